The highest BCUT2D eigenvalue weighted by Crippen LogP contribution is 2.29. The summed E-state index contributed by atoms with van der Waals surface area (Å²) < 4.78 is 0. The van der Waals surface area contributed by atoms with Crippen molar-refractivity contribution in [1.82, 2.24) is 5.06 Å². The molecular formula is C12H18N2O2. The topological polar surface area (TPSA) is 53.3 Å². The van der Waals surface area contributed by atoms with Crippen LogP contribution in [0.4, 0.5) is 0 Å². The zero-order chi connectivity index (χ0) is 11.5. The van der Waals surface area contributed by atoms with Crippen LogP contribution < -0.4 is 0 Å². The number of carbonyl (C=O) groups is 1. The fourth-order valence-corrected chi connectivity index (χ4v) is 2.48. The Labute approximate surface area is 96.1 Å². The Morgan fingerprint density at radius 3 is 2.62 bits per heavy atom. The van der Waals surface area contributed by atoms with Crippen LogP contribution in [-0.4, -0.2) is 23.1 Å². The van der Waals surface area contributed by atoms with Crippen molar-refractivity contribution in [3.05, 3.63) is 0 Å². The van der Waals surface area contributed by atoms with Gasteiger partial charge in [0.25, 0.3) is 0 Å². The second kappa shape index (κ2) is 4.84. The lowest BCUT2D eigenvalue weighted by Crippen LogP contribution is -2.37. The van der Waals surface area contributed by atoms with E-state index in [4.69, 9.17) is 10.1 Å². The van der Waals surface area contributed by atoms with Gasteiger partial charge in [0.2, 0.25) is 5.91 Å². The number of rotatable bonds is 2. The summed E-state index contributed by atoms with van der Waals surface area (Å²) in [6.07, 6.45) is 6.19. The zero-order valence-electron chi connectivity index (χ0n) is 9.69. The number of carbonyl (C=O) groups excluding carboxylic acids is 1. The molecule has 2 rings (SSSR count). The minimum Gasteiger partial charge on any atom is -0.273 e. The normalized spacial score (nSPS) is 31.8. The van der Waals surface area contributed by atoms with E-state index in [-0.39, 0.29) is 24.0 Å². The molecule has 0 aromatic rings. The van der Waals surface area contributed by atoms with Gasteiger partial charge in [0.15, 0.2) is 0 Å². The first kappa shape index (κ1) is 11.4. The van der Waals surface area contributed by atoms with Crippen LogP contribution >= 0.6 is 0 Å². The monoisotopic (exact) mass is 222 g/mol. The van der Waals surface area contributed by atoms with Gasteiger partial charge in [0.05, 0.1) is 24.1 Å². The fraction of sp³-hybridized carbons (Fsp3) is 0.833. The van der Waals surface area contributed by atoms with Gasteiger partial charge in [-0.2, -0.15) is 5.26 Å². The molecule has 1 heterocycles. The maximum Gasteiger partial charge on any atom is 0.247 e. The first-order valence-electron chi connectivity index (χ1n) is 6.11. The molecule has 16 heavy (non-hydrogen) atoms. The first-order valence-corrected chi connectivity index (χ1v) is 6.11. The Kier molecular flexibility index (Phi) is 3.45. The summed E-state index contributed by atoms with van der Waals surface area (Å²) in [7, 11) is 0. The minimum atomic E-state index is -0.212. The molecule has 88 valence electrons. The summed E-state index contributed by atoms with van der Waals surface area (Å²) >= 11 is 0. The van der Waals surface area contributed by atoms with Gasteiger partial charge in [-0.3, -0.25) is 9.63 Å². The zero-order valence-corrected chi connectivity index (χ0v) is 9.69. The SMILES string of the molecule is CC1C(C#N)CC(=O)N1OC1CCCCC1. The lowest BCUT2D eigenvalue weighted by Gasteiger charge is -2.29. The lowest BCUT2D eigenvalue weighted by atomic mass is 9.98. The van der Waals surface area contributed by atoms with Crippen LogP contribution in [-0.2, 0) is 9.63 Å². The maximum atomic E-state index is 11.7. The van der Waals surface area contributed by atoms with Crippen LogP contribution in [0.1, 0.15) is 45.4 Å². The van der Waals surface area contributed by atoms with Crippen LogP contribution in [0.25, 0.3) is 0 Å². The lowest BCUT2D eigenvalue weighted by molar-refractivity contribution is -0.214. The third-order valence-electron chi connectivity index (χ3n) is 3.57. The number of amides is 1. The van der Waals surface area contributed by atoms with E-state index in [1.807, 2.05) is 6.92 Å². The second-order valence-electron chi connectivity index (χ2n) is 4.77. The standard InChI is InChI=1S/C12H18N2O2/c1-9-10(8-13)7-12(15)14(9)16-11-5-3-2-4-6-11/h9-11H,2-7H2,1H3. The van der Waals surface area contributed by atoms with Crippen LogP contribution in [0.2, 0.25) is 0 Å². The number of nitriles is 1. The van der Waals surface area contributed by atoms with Gasteiger partial charge >= 0.3 is 0 Å². The van der Waals surface area contributed by atoms with Crippen LogP contribution in [0.15, 0.2) is 0 Å². The molecule has 0 N–H and O–H groups in total. The number of hydrogen-bond acceptors (Lipinski definition) is 3. The van der Waals surface area contributed by atoms with E-state index >= 15 is 0 Å². The van der Waals surface area contributed by atoms with Crippen LogP contribution in [0.5, 0.6) is 0 Å². The van der Waals surface area contributed by atoms with E-state index in [1.54, 1.807) is 0 Å². The van der Waals surface area contributed by atoms with Crippen molar-refractivity contribution in [3.63, 3.8) is 0 Å². The Bertz CT molecular complexity index is 305. The molecule has 1 aliphatic heterocycles. The molecule has 1 saturated carbocycles. The van der Waals surface area contributed by atoms with E-state index < -0.39 is 0 Å². The van der Waals surface area contributed by atoms with E-state index in [0.717, 1.165) is 12.8 Å². The van der Waals surface area contributed by atoms with Crippen molar-refractivity contribution in [3.8, 4) is 6.07 Å². The van der Waals surface area contributed by atoms with Crippen molar-refractivity contribution < 1.29 is 9.63 Å². The molecule has 1 amide bonds. The second-order valence-corrected chi connectivity index (χ2v) is 4.77. The van der Waals surface area contributed by atoms with Gasteiger partial charge < -0.3 is 0 Å². The molecule has 2 aliphatic rings. The molecule has 4 heteroatoms. The maximum absolute atomic E-state index is 11.7. The molecule has 2 fully saturated rings. The van der Waals surface area contributed by atoms with Gasteiger partial charge in [0, 0.05) is 6.42 Å². The summed E-state index contributed by atoms with van der Waals surface area (Å²) in [5.41, 5.74) is 0. The van der Waals surface area contributed by atoms with Gasteiger partial charge in [-0.05, 0) is 19.8 Å². The molecule has 1 saturated heterocycles. The number of hydroxylamine groups is 2. The Morgan fingerprint density at radius 2 is 2.06 bits per heavy atom. The summed E-state index contributed by atoms with van der Waals surface area (Å²) in [5.74, 6) is -0.249. The molecule has 0 bridgehead atoms. The Hall–Kier alpha value is -1.08. The van der Waals surface area contributed by atoms with Crippen molar-refractivity contribution in [2.45, 2.75) is 57.6 Å². The van der Waals surface area contributed by atoms with Crippen LogP contribution in [0.3, 0.4) is 0 Å². The average molecular weight is 222 g/mol. The third-order valence-corrected chi connectivity index (χ3v) is 3.57. The summed E-state index contributed by atoms with van der Waals surface area (Å²) in [5, 5.41) is 10.3. The van der Waals surface area contributed by atoms with Crippen molar-refractivity contribution >= 4 is 5.91 Å². The molecule has 0 spiro atoms. The summed E-state index contributed by atoms with van der Waals surface area (Å²) in [6, 6.07) is 2.07. The van der Waals surface area contributed by atoms with E-state index in [1.165, 1.54) is 24.3 Å². The smallest absolute Gasteiger partial charge is 0.247 e. The van der Waals surface area contributed by atoms with Gasteiger partial charge in [-0.15, -0.1) is 0 Å². The van der Waals surface area contributed by atoms with E-state index in [2.05, 4.69) is 6.07 Å². The quantitative estimate of drug-likeness (QED) is 0.718. The predicted octanol–water partition coefficient (Wildman–Crippen LogP) is 2.01. The van der Waals surface area contributed by atoms with Crippen molar-refractivity contribution in [2.24, 2.45) is 5.92 Å². The first-order chi connectivity index (χ1) is 7.72. The highest BCUT2D eigenvalue weighted by molar-refractivity contribution is 5.78. The highest BCUT2D eigenvalue weighted by Gasteiger charge is 2.39. The largest absolute Gasteiger partial charge is 0.273 e. The Morgan fingerprint density at radius 1 is 1.38 bits per heavy atom. The third kappa shape index (κ3) is 2.19. The van der Waals surface area contributed by atoms with Crippen molar-refractivity contribution in [1.29, 1.82) is 5.26 Å². The average Bonchev–Trinajstić information content (AvgIpc) is 2.58. The molecular weight excluding hydrogens is 204 g/mol. The van der Waals surface area contributed by atoms with Gasteiger partial charge in [-0.25, -0.2) is 5.06 Å². The molecule has 4 nitrogen and oxygen atoms in total. The fourth-order valence-electron chi connectivity index (χ4n) is 2.48. The minimum absolute atomic E-state index is 0.0374. The molecule has 2 unspecified atom stereocenters. The number of nitrogens with zero attached hydrogens (tertiary/aromatic N) is 2. The van der Waals surface area contributed by atoms with Gasteiger partial charge in [0.1, 0.15) is 0 Å². The number of hydrogen-bond donors (Lipinski definition) is 0. The molecule has 0 aromatic heterocycles. The van der Waals surface area contributed by atoms with E-state index in [0.29, 0.717) is 6.42 Å². The molecule has 0 aromatic carbocycles. The van der Waals surface area contributed by atoms with E-state index in [9.17, 15) is 4.79 Å². The summed E-state index contributed by atoms with van der Waals surface area (Å²) in [6.45, 7) is 1.89. The van der Waals surface area contributed by atoms with Crippen LogP contribution in [0, 0.1) is 17.2 Å². The molecule has 0 radical (unpaired) electrons. The predicted molar refractivity (Wildman–Crippen MR) is 58.0 cm³/mol. The van der Waals surface area contributed by atoms with Gasteiger partial charge in [-0.1, -0.05) is 19.3 Å². The van der Waals surface area contributed by atoms with Crippen molar-refractivity contribution in [2.75, 3.05) is 0 Å². The Balaban J connectivity index is 1.93. The molecule has 2 atom stereocenters. The highest BCUT2D eigenvalue weighted by atomic mass is 16.7. The molecule has 1 aliphatic carbocycles. The summed E-state index contributed by atoms with van der Waals surface area (Å²) in [4.78, 5) is 17.4.